The van der Waals surface area contributed by atoms with Crippen molar-refractivity contribution in [1.29, 1.82) is 5.26 Å². The number of aromatic amines is 1. The number of aromatic nitrogens is 1. The third-order valence-corrected chi connectivity index (χ3v) is 2.58. The Balaban J connectivity index is 2.56. The first-order valence-corrected chi connectivity index (χ1v) is 5.20. The van der Waals surface area contributed by atoms with Gasteiger partial charge in [0.2, 0.25) is 0 Å². The lowest BCUT2D eigenvalue weighted by Gasteiger charge is -2.02. The van der Waals surface area contributed by atoms with E-state index in [0.29, 0.717) is 18.4 Å². The third-order valence-electron chi connectivity index (χ3n) is 2.58. The zero-order chi connectivity index (χ0) is 11.5. The highest BCUT2D eigenvalue weighted by Gasteiger charge is 2.02. The summed E-state index contributed by atoms with van der Waals surface area (Å²) >= 11 is 0. The van der Waals surface area contributed by atoms with Crippen LogP contribution in [-0.4, -0.2) is 4.98 Å². The average Bonchev–Trinajstić information content (AvgIpc) is 2.27. The van der Waals surface area contributed by atoms with Gasteiger partial charge in [0.1, 0.15) is 0 Å². The number of pyridine rings is 1. The van der Waals surface area contributed by atoms with Gasteiger partial charge in [-0.2, -0.15) is 5.26 Å². The van der Waals surface area contributed by atoms with Crippen molar-refractivity contribution in [2.24, 2.45) is 0 Å². The maximum Gasteiger partial charge on any atom is 0.251 e. The standard InChI is InChI=1S/C13H12N2O/c1-9-4-5-12-11(7-9)8-10(3-2-6-14)13(16)15-12/h4-5,7-8H,2-3H2,1H3,(H,15,16). The van der Waals surface area contributed by atoms with Gasteiger partial charge in [0, 0.05) is 17.5 Å². The highest BCUT2D eigenvalue weighted by molar-refractivity contribution is 5.79. The van der Waals surface area contributed by atoms with E-state index in [1.807, 2.05) is 31.2 Å². The molecule has 0 aliphatic carbocycles. The lowest BCUT2D eigenvalue weighted by Crippen LogP contribution is -2.12. The van der Waals surface area contributed by atoms with Gasteiger partial charge in [-0.25, -0.2) is 0 Å². The zero-order valence-corrected chi connectivity index (χ0v) is 9.08. The van der Waals surface area contributed by atoms with Crippen molar-refractivity contribution in [1.82, 2.24) is 4.98 Å². The Morgan fingerprint density at radius 1 is 1.38 bits per heavy atom. The summed E-state index contributed by atoms with van der Waals surface area (Å²) in [6, 6.07) is 9.82. The molecule has 80 valence electrons. The summed E-state index contributed by atoms with van der Waals surface area (Å²) < 4.78 is 0. The fourth-order valence-electron chi connectivity index (χ4n) is 1.75. The van der Waals surface area contributed by atoms with Crippen LogP contribution in [0.2, 0.25) is 0 Å². The minimum Gasteiger partial charge on any atom is -0.322 e. The Kier molecular flexibility index (Phi) is 2.74. The summed E-state index contributed by atoms with van der Waals surface area (Å²) in [7, 11) is 0. The van der Waals surface area contributed by atoms with Crippen LogP contribution in [0, 0.1) is 18.3 Å². The molecule has 16 heavy (non-hydrogen) atoms. The predicted molar refractivity (Wildman–Crippen MR) is 63.2 cm³/mol. The molecule has 0 saturated carbocycles. The summed E-state index contributed by atoms with van der Waals surface area (Å²) in [5.74, 6) is 0. The Bertz CT molecular complexity index is 620. The molecule has 0 bridgehead atoms. The van der Waals surface area contributed by atoms with Crippen molar-refractivity contribution in [2.75, 3.05) is 0 Å². The number of nitrogens with one attached hydrogen (secondary N) is 1. The number of H-pyrrole nitrogens is 1. The van der Waals surface area contributed by atoms with E-state index < -0.39 is 0 Å². The van der Waals surface area contributed by atoms with E-state index >= 15 is 0 Å². The third kappa shape index (κ3) is 1.96. The van der Waals surface area contributed by atoms with Gasteiger partial charge in [-0.05, 0) is 36.9 Å². The van der Waals surface area contributed by atoms with Crippen LogP contribution >= 0.6 is 0 Å². The van der Waals surface area contributed by atoms with Gasteiger partial charge in [-0.15, -0.1) is 0 Å². The number of nitrogens with zero attached hydrogens (tertiary/aromatic N) is 1. The SMILES string of the molecule is Cc1ccc2[nH]c(=O)c(CCC#N)cc2c1. The van der Waals surface area contributed by atoms with E-state index in [-0.39, 0.29) is 5.56 Å². The molecule has 1 aromatic heterocycles. The molecule has 0 amide bonds. The molecule has 0 aliphatic heterocycles. The van der Waals surface area contributed by atoms with Crippen molar-refractivity contribution < 1.29 is 0 Å². The normalized spacial score (nSPS) is 10.2. The summed E-state index contributed by atoms with van der Waals surface area (Å²) in [5, 5.41) is 9.53. The monoisotopic (exact) mass is 212 g/mol. The maximum atomic E-state index is 11.7. The van der Waals surface area contributed by atoms with Gasteiger partial charge in [-0.3, -0.25) is 4.79 Å². The van der Waals surface area contributed by atoms with Gasteiger partial charge < -0.3 is 4.98 Å². The van der Waals surface area contributed by atoms with E-state index in [2.05, 4.69) is 11.1 Å². The first-order valence-electron chi connectivity index (χ1n) is 5.20. The van der Waals surface area contributed by atoms with Crippen LogP contribution in [0.1, 0.15) is 17.5 Å². The first-order chi connectivity index (χ1) is 7.70. The lowest BCUT2D eigenvalue weighted by atomic mass is 10.1. The number of rotatable bonds is 2. The second-order valence-corrected chi connectivity index (χ2v) is 3.87. The number of hydrogen-bond donors (Lipinski definition) is 1. The summed E-state index contributed by atoms with van der Waals surface area (Å²) in [6.45, 7) is 2.01. The number of nitriles is 1. The number of hydrogen-bond acceptors (Lipinski definition) is 2. The van der Waals surface area contributed by atoms with Gasteiger partial charge >= 0.3 is 0 Å². The number of fused-ring (bicyclic) bond motifs is 1. The minimum atomic E-state index is -0.0911. The molecule has 3 heteroatoms. The molecule has 2 rings (SSSR count). The molecule has 0 saturated heterocycles. The summed E-state index contributed by atoms with van der Waals surface area (Å²) in [4.78, 5) is 14.5. The molecule has 0 spiro atoms. The Morgan fingerprint density at radius 2 is 2.19 bits per heavy atom. The lowest BCUT2D eigenvalue weighted by molar-refractivity contribution is 0.983. The second-order valence-electron chi connectivity index (χ2n) is 3.87. The quantitative estimate of drug-likeness (QED) is 0.830. The van der Waals surface area contributed by atoms with Crippen LogP contribution in [0.15, 0.2) is 29.1 Å². The molecular formula is C13H12N2O. The Hall–Kier alpha value is -2.08. The fourth-order valence-corrected chi connectivity index (χ4v) is 1.75. The summed E-state index contributed by atoms with van der Waals surface area (Å²) in [5.41, 5.74) is 2.59. The molecule has 1 aromatic carbocycles. The van der Waals surface area contributed by atoms with Crippen LogP contribution in [0.3, 0.4) is 0 Å². The van der Waals surface area contributed by atoms with E-state index in [1.165, 1.54) is 0 Å². The number of aryl methyl sites for hydroxylation is 2. The fraction of sp³-hybridized carbons (Fsp3) is 0.231. The van der Waals surface area contributed by atoms with Crippen molar-refractivity contribution in [3.05, 3.63) is 45.7 Å². The molecule has 3 nitrogen and oxygen atoms in total. The van der Waals surface area contributed by atoms with Crippen LogP contribution in [0.4, 0.5) is 0 Å². The van der Waals surface area contributed by atoms with Gasteiger partial charge in [-0.1, -0.05) is 11.6 Å². The largest absolute Gasteiger partial charge is 0.322 e. The second kappa shape index (κ2) is 4.19. The molecule has 1 heterocycles. The molecule has 0 atom stereocenters. The molecular weight excluding hydrogens is 200 g/mol. The minimum absolute atomic E-state index is 0.0911. The van der Waals surface area contributed by atoms with Crippen LogP contribution in [0.5, 0.6) is 0 Å². The molecule has 2 aromatic rings. The Morgan fingerprint density at radius 3 is 2.94 bits per heavy atom. The molecule has 0 fully saturated rings. The van der Waals surface area contributed by atoms with Crippen molar-refractivity contribution in [3.8, 4) is 6.07 Å². The average molecular weight is 212 g/mol. The van der Waals surface area contributed by atoms with Crippen LogP contribution < -0.4 is 5.56 Å². The van der Waals surface area contributed by atoms with Crippen molar-refractivity contribution in [3.63, 3.8) is 0 Å². The van der Waals surface area contributed by atoms with Gasteiger partial charge in [0.25, 0.3) is 5.56 Å². The Labute approximate surface area is 93.3 Å². The van der Waals surface area contributed by atoms with Crippen LogP contribution in [0.25, 0.3) is 10.9 Å². The van der Waals surface area contributed by atoms with Crippen LogP contribution in [-0.2, 0) is 6.42 Å². The van der Waals surface area contributed by atoms with Crippen molar-refractivity contribution in [2.45, 2.75) is 19.8 Å². The molecule has 1 N–H and O–H groups in total. The van der Waals surface area contributed by atoms with Gasteiger partial charge in [0.05, 0.1) is 6.07 Å². The smallest absolute Gasteiger partial charge is 0.251 e. The highest BCUT2D eigenvalue weighted by Crippen LogP contribution is 2.13. The van der Waals surface area contributed by atoms with E-state index in [1.54, 1.807) is 0 Å². The number of benzene rings is 1. The van der Waals surface area contributed by atoms with E-state index in [0.717, 1.165) is 16.5 Å². The van der Waals surface area contributed by atoms with E-state index in [4.69, 9.17) is 5.26 Å². The maximum absolute atomic E-state index is 11.7. The predicted octanol–water partition coefficient (Wildman–Crippen LogP) is 2.29. The summed E-state index contributed by atoms with van der Waals surface area (Å²) in [6.07, 6.45) is 0.885. The zero-order valence-electron chi connectivity index (χ0n) is 9.08. The first kappa shape index (κ1) is 10.4. The topological polar surface area (TPSA) is 56.6 Å². The molecule has 0 aliphatic rings. The van der Waals surface area contributed by atoms with Crippen molar-refractivity contribution >= 4 is 10.9 Å². The van der Waals surface area contributed by atoms with Gasteiger partial charge in [0.15, 0.2) is 0 Å². The van der Waals surface area contributed by atoms with E-state index in [9.17, 15) is 4.79 Å². The molecule has 0 radical (unpaired) electrons. The highest BCUT2D eigenvalue weighted by atomic mass is 16.1. The molecule has 0 unspecified atom stereocenters.